The van der Waals surface area contributed by atoms with E-state index in [2.05, 4.69) is 9.72 Å². The molecule has 0 atom stereocenters. The molecule has 0 aliphatic rings. The Labute approximate surface area is 99.6 Å². The maximum Gasteiger partial charge on any atom is 0.574 e. The first-order valence-electron chi connectivity index (χ1n) is 4.21. The lowest BCUT2D eigenvalue weighted by Crippen LogP contribution is -2.23. The van der Waals surface area contributed by atoms with Gasteiger partial charge in [0.15, 0.2) is 0 Å². The molecule has 1 rings (SSSR count). The first-order valence-corrected chi connectivity index (χ1v) is 4.21. The molecule has 106 valence electrons. The molecule has 19 heavy (non-hydrogen) atoms. The number of aromatic hydroxyl groups is 1. The summed E-state index contributed by atoms with van der Waals surface area (Å²) < 4.78 is 76.4. The Bertz CT molecular complexity index is 509. The van der Waals surface area contributed by atoms with Gasteiger partial charge in [-0.1, -0.05) is 0 Å². The number of nitrogens with zero attached hydrogens (tertiary/aromatic N) is 1. The van der Waals surface area contributed by atoms with Crippen molar-refractivity contribution in [3.8, 4) is 11.6 Å². The number of halogens is 6. The molecular weight excluding hydrogens is 288 g/mol. The maximum atomic E-state index is 12.6. The summed E-state index contributed by atoms with van der Waals surface area (Å²) in [6.45, 7) is 0. The van der Waals surface area contributed by atoms with Gasteiger partial charge in [0.05, 0.1) is 6.20 Å². The quantitative estimate of drug-likeness (QED) is 0.818. The van der Waals surface area contributed by atoms with E-state index in [0.717, 1.165) is 0 Å². The summed E-state index contributed by atoms with van der Waals surface area (Å²) in [5.74, 6) is -5.72. The monoisotopic (exact) mass is 291 g/mol. The fraction of sp³-hybridized carbons (Fsp3) is 0.250. The third-order valence-corrected chi connectivity index (χ3v) is 1.73. The van der Waals surface area contributed by atoms with Crippen molar-refractivity contribution in [1.82, 2.24) is 4.98 Å². The van der Waals surface area contributed by atoms with Gasteiger partial charge in [-0.15, -0.1) is 13.2 Å². The van der Waals surface area contributed by atoms with E-state index in [0.29, 0.717) is 0 Å². The summed E-state index contributed by atoms with van der Waals surface area (Å²) in [7, 11) is 0. The van der Waals surface area contributed by atoms with Gasteiger partial charge in [-0.25, -0.2) is 9.78 Å². The van der Waals surface area contributed by atoms with Crippen LogP contribution in [-0.4, -0.2) is 27.5 Å². The van der Waals surface area contributed by atoms with Gasteiger partial charge in [-0.05, 0) is 0 Å². The molecule has 1 aromatic heterocycles. The number of carboxylic acid groups (broad SMARTS) is 1. The molecule has 0 radical (unpaired) electrons. The molecule has 0 fully saturated rings. The van der Waals surface area contributed by atoms with E-state index in [-0.39, 0.29) is 6.20 Å². The zero-order chi connectivity index (χ0) is 15.0. The molecule has 0 spiro atoms. The van der Waals surface area contributed by atoms with Crippen LogP contribution in [0.1, 0.15) is 15.9 Å². The van der Waals surface area contributed by atoms with Crippen molar-refractivity contribution in [2.24, 2.45) is 0 Å². The number of hydrogen-bond acceptors (Lipinski definition) is 4. The maximum absolute atomic E-state index is 12.6. The van der Waals surface area contributed by atoms with Crippen molar-refractivity contribution >= 4 is 5.97 Å². The summed E-state index contributed by atoms with van der Waals surface area (Å²) in [5, 5.41) is 17.5. The Hall–Kier alpha value is -2.20. The Kier molecular flexibility index (Phi) is 3.50. The van der Waals surface area contributed by atoms with Crippen molar-refractivity contribution < 1.29 is 46.1 Å². The minimum absolute atomic E-state index is 0.111. The predicted molar refractivity (Wildman–Crippen MR) is 44.5 cm³/mol. The van der Waals surface area contributed by atoms with Gasteiger partial charge in [0, 0.05) is 0 Å². The standard InChI is InChI=1S/C8H3F6NO4/c9-7(10,11)4-3(6(17)18)2(16)1-15-5(4)19-8(12,13)14/h1,16H,(H,17,18). The molecule has 0 saturated carbocycles. The highest BCUT2D eigenvalue weighted by molar-refractivity contribution is 5.93. The fourth-order valence-corrected chi connectivity index (χ4v) is 1.15. The lowest BCUT2D eigenvalue weighted by Gasteiger charge is -2.16. The number of carbonyl (C=O) groups is 1. The van der Waals surface area contributed by atoms with Gasteiger partial charge in [0.1, 0.15) is 16.9 Å². The Morgan fingerprint density at radius 1 is 1.21 bits per heavy atom. The van der Waals surface area contributed by atoms with Crippen LogP contribution in [-0.2, 0) is 6.18 Å². The Balaban J connectivity index is 3.57. The van der Waals surface area contributed by atoms with Gasteiger partial charge in [-0.2, -0.15) is 13.2 Å². The van der Waals surface area contributed by atoms with E-state index in [1.54, 1.807) is 0 Å². The number of aromatic nitrogens is 1. The first kappa shape index (κ1) is 14.9. The molecule has 2 N–H and O–H groups in total. The molecule has 1 aromatic rings. The lowest BCUT2D eigenvalue weighted by molar-refractivity contribution is -0.278. The third-order valence-electron chi connectivity index (χ3n) is 1.73. The van der Waals surface area contributed by atoms with Crippen LogP contribution in [0.4, 0.5) is 26.3 Å². The number of rotatable bonds is 2. The van der Waals surface area contributed by atoms with Crippen molar-refractivity contribution in [3.05, 3.63) is 17.3 Å². The topological polar surface area (TPSA) is 79.7 Å². The van der Waals surface area contributed by atoms with Gasteiger partial charge in [-0.3, -0.25) is 0 Å². The summed E-state index contributed by atoms with van der Waals surface area (Å²) in [4.78, 5) is 13.2. The van der Waals surface area contributed by atoms with Crippen LogP contribution in [0.25, 0.3) is 0 Å². The van der Waals surface area contributed by atoms with Gasteiger partial charge in [0.2, 0.25) is 5.88 Å². The lowest BCUT2D eigenvalue weighted by atomic mass is 10.1. The van der Waals surface area contributed by atoms with Crippen LogP contribution in [0.15, 0.2) is 6.20 Å². The van der Waals surface area contributed by atoms with E-state index in [1.165, 1.54) is 0 Å². The largest absolute Gasteiger partial charge is 0.574 e. The van der Waals surface area contributed by atoms with Crippen LogP contribution < -0.4 is 4.74 Å². The number of ether oxygens (including phenoxy) is 1. The minimum Gasteiger partial charge on any atom is -0.505 e. The third kappa shape index (κ3) is 3.39. The Morgan fingerprint density at radius 3 is 2.11 bits per heavy atom. The summed E-state index contributed by atoms with van der Waals surface area (Å²) >= 11 is 0. The normalized spacial score (nSPS) is 12.3. The number of alkyl halides is 6. The van der Waals surface area contributed by atoms with Crippen molar-refractivity contribution in [3.63, 3.8) is 0 Å². The van der Waals surface area contributed by atoms with Crippen LogP contribution in [0.5, 0.6) is 11.6 Å². The molecule has 1 heterocycles. The van der Waals surface area contributed by atoms with Crippen molar-refractivity contribution in [1.29, 1.82) is 0 Å². The SMILES string of the molecule is O=C(O)c1c(O)cnc(OC(F)(F)F)c1C(F)(F)F. The van der Waals surface area contributed by atoms with E-state index in [9.17, 15) is 31.1 Å². The number of carboxylic acids is 1. The molecule has 0 aromatic carbocycles. The van der Waals surface area contributed by atoms with Crippen molar-refractivity contribution in [2.75, 3.05) is 0 Å². The highest BCUT2D eigenvalue weighted by Crippen LogP contribution is 2.42. The molecule has 11 heteroatoms. The highest BCUT2D eigenvalue weighted by atomic mass is 19.4. The van der Waals surface area contributed by atoms with E-state index < -0.39 is 41.3 Å². The Morgan fingerprint density at radius 2 is 1.74 bits per heavy atom. The van der Waals surface area contributed by atoms with Crippen LogP contribution in [0.2, 0.25) is 0 Å². The average Bonchev–Trinajstić information content (AvgIpc) is 2.15. The molecular formula is C8H3F6NO4. The second-order valence-electron chi connectivity index (χ2n) is 3.05. The smallest absolute Gasteiger partial charge is 0.505 e. The zero-order valence-corrected chi connectivity index (χ0v) is 8.50. The molecule has 0 unspecified atom stereocenters. The van der Waals surface area contributed by atoms with E-state index in [1.807, 2.05) is 0 Å². The summed E-state index contributed by atoms with van der Waals surface area (Å²) in [6.07, 6.45) is -10.9. The number of aromatic carboxylic acids is 1. The van der Waals surface area contributed by atoms with Crippen LogP contribution in [0, 0.1) is 0 Å². The van der Waals surface area contributed by atoms with Gasteiger partial charge in [0.25, 0.3) is 0 Å². The fourth-order valence-electron chi connectivity index (χ4n) is 1.15. The summed E-state index contributed by atoms with van der Waals surface area (Å²) in [6, 6.07) is 0. The summed E-state index contributed by atoms with van der Waals surface area (Å²) in [5.41, 5.74) is -4.10. The van der Waals surface area contributed by atoms with E-state index in [4.69, 9.17) is 10.2 Å². The predicted octanol–water partition coefficient (Wildman–Crippen LogP) is 2.40. The highest BCUT2D eigenvalue weighted by Gasteiger charge is 2.45. The van der Waals surface area contributed by atoms with Gasteiger partial charge >= 0.3 is 18.5 Å². The first-order chi connectivity index (χ1) is 8.43. The molecule has 0 saturated heterocycles. The van der Waals surface area contributed by atoms with Crippen LogP contribution >= 0.6 is 0 Å². The van der Waals surface area contributed by atoms with Crippen LogP contribution in [0.3, 0.4) is 0 Å². The molecule has 0 aliphatic heterocycles. The van der Waals surface area contributed by atoms with E-state index >= 15 is 0 Å². The average molecular weight is 291 g/mol. The second kappa shape index (κ2) is 4.48. The second-order valence-corrected chi connectivity index (χ2v) is 3.05. The zero-order valence-electron chi connectivity index (χ0n) is 8.50. The number of pyridine rings is 1. The van der Waals surface area contributed by atoms with Gasteiger partial charge < -0.3 is 14.9 Å². The minimum atomic E-state index is -5.51. The number of hydrogen-bond donors (Lipinski definition) is 2. The molecule has 5 nitrogen and oxygen atoms in total. The molecule has 0 aliphatic carbocycles. The molecule has 0 bridgehead atoms. The molecule has 0 amide bonds. The van der Waals surface area contributed by atoms with Crippen molar-refractivity contribution in [2.45, 2.75) is 12.5 Å².